The zero-order valence-electron chi connectivity index (χ0n) is 6.40. The number of hydrogen-bond donors (Lipinski definition) is 2. The predicted octanol–water partition coefficient (Wildman–Crippen LogP) is 0.350. The molecule has 0 amide bonds. The molecule has 0 atom stereocenters. The van der Waals surface area contributed by atoms with E-state index >= 15 is 0 Å². The van der Waals surface area contributed by atoms with Crippen molar-refractivity contribution in [1.29, 1.82) is 0 Å². The molecule has 0 bridgehead atoms. The van der Waals surface area contributed by atoms with E-state index in [0.717, 1.165) is 5.56 Å². The van der Waals surface area contributed by atoms with Crippen molar-refractivity contribution in [2.75, 3.05) is 5.73 Å². The Kier molecular flexibility index (Phi) is 1.33. The average Bonchev–Trinajstić information content (AvgIpc) is 2.64. The van der Waals surface area contributed by atoms with Crippen LogP contribution < -0.4 is 5.73 Å². The molecule has 0 fully saturated rings. The second kappa shape index (κ2) is 2.33. The summed E-state index contributed by atoms with van der Waals surface area (Å²) in [6.45, 7) is 1.82. The van der Waals surface area contributed by atoms with Crippen molar-refractivity contribution in [1.82, 2.24) is 20.6 Å². The second-order valence-electron chi connectivity index (χ2n) is 2.38. The molecule has 0 radical (unpaired) electrons. The number of aromatic amines is 1. The van der Waals surface area contributed by atoms with E-state index in [9.17, 15) is 0 Å². The third-order valence-corrected chi connectivity index (χ3v) is 1.61. The van der Waals surface area contributed by atoms with Crippen molar-refractivity contribution in [3.8, 4) is 11.5 Å². The van der Waals surface area contributed by atoms with E-state index in [0.29, 0.717) is 17.3 Å². The van der Waals surface area contributed by atoms with Crippen LogP contribution in [0.25, 0.3) is 11.5 Å². The highest BCUT2D eigenvalue weighted by Crippen LogP contribution is 2.23. The Balaban J connectivity index is 2.55. The number of H-pyrrole nitrogens is 1. The summed E-state index contributed by atoms with van der Waals surface area (Å²) in [5.41, 5.74) is 6.87. The number of anilines is 1. The highest BCUT2D eigenvalue weighted by molar-refractivity contribution is 5.60. The van der Waals surface area contributed by atoms with Gasteiger partial charge in [-0.2, -0.15) is 15.4 Å². The van der Waals surface area contributed by atoms with E-state index in [-0.39, 0.29) is 0 Å². The number of aromatic nitrogens is 4. The maximum absolute atomic E-state index is 5.48. The molecule has 0 aliphatic heterocycles. The summed E-state index contributed by atoms with van der Waals surface area (Å²) < 4.78 is 4.94. The molecule has 12 heavy (non-hydrogen) atoms. The molecular formula is C6H7N5O. The SMILES string of the molecule is Cc1c(N)noc1-c1cn[nH]n1. The van der Waals surface area contributed by atoms with Crippen molar-refractivity contribution >= 4 is 5.82 Å². The maximum Gasteiger partial charge on any atom is 0.193 e. The van der Waals surface area contributed by atoms with Gasteiger partial charge < -0.3 is 10.3 Å². The van der Waals surface area contributed by atoms with E-state index in [1.54, 1.807) is 6.20 Å². The minimum Gasteiger partial charge on any atom is -0.381 e. The van der Waals surface area contributed by atoms with Crippen LogP contribution in [0.4, 0.5) is 5.82 Å². The summed E-state index contributed by atoms with van der Waals surface area (Å²) in [6.07, 6.45) is 1.55. The number of rotatable bonds is 1. The Morgan fingerprint density at radius 2 is 2.42 bits per heavy atom. The van der Waals surface area contributed by atoms with Crippen LogP contribution in [0.5, 0.6) is 0 Å². The van der Waals surface area contributed by atoms with Crippen molar-refractivity contribution in [3.63, 3.8) is 0 Å². The molecule has 0 saturated heterocycles. The molecular weight excluding hydrogens is 158 g/mol. The topological polar surface area (TPSA) is 93.6 Å². The zero-order valence-corrected chi connectivity index (χ0v) is 6.40. The van der Waals surface area contributed by atoms with Crippen LogP contribution in [-0.4, -0.2) is 20.6 Å². The van der Waals surface area contributed by atoms with Crippen LogP contribution in [0.2, 0.25) is 0 Å². The molecule has 6 heteroatoms. The van der Waals surface area contributed by atoms with Crippen molar-refractivity contribution in [3.05, 3.63) is 11.8 Å². The summed E-state index contributed by atoms with van der Waals surface area (Å²) in [4.78, 5) is 0. The van der Waals surface area contributed by atoms with Crippen LogP contribution in [0.15, 0.2) is 10.7 Å². The molecule has 0 unspecified atom stereocenters. The van der Waals surface area contributed by atoms with E-state index in [1.165, 1.54) is 0 Å². The van der Waals surface area contributed by atoms with Gasteiger partial charge in [-0.3, -0.25) is 0 Å². The molecule has 0 aliphatic rings. The van der Waals surface area contributed by atoms with Gasteiger partial charge in [-0.25, -0.2) is 0 Å². The molecule has 3 N–H and O–H groups in total. The molecule has 2 aromatic heterocycles. The monoisotopic (exact) mass is 165 g/mol. The van der Waals surface area contributed by atoms with Gasteiger partial charge in [-0.1, -0.05) is 5.16 Å². The summed E-state index contributed by atoms with van der Waals surface area (Å²) >= 11 is 0. The van der Waals surface area contributed by atoms with Crippen LogP contribution in [0.1, 0.15) is 5.56 Å². The van der Waals surface area contributed by atoms with Gasteiger partial charge in [0.15, 0.2) is 17.3 Å². The fraction of sp³-hybridized carbons (Fsp3) is 0.167. The fourth-order valence-electron chi connectivity index (χ4n) is 0.898. The number of nitrogens with two attached hydrogens (primary N) is 1. The summed E-state index contributed by atoms with van der Waals surface area (Å²) in [5.74, 6) is 0.939. The Bertz CT molecular complexity index is 377. The average molecular weight is 165 g/mol. The molecule has 0 spiro atoms. The lowest BCUT2D eigenvalue weighted by Gasteiger charge is -1.87. The Labute approximate surface area is 67.7 Å². The van der Waals surface area contributed by atoms with Crippen molar-refractivity contribution in [2.24, 2.45) is 0 Å². The van der Waals surface area contributed by atoms with Crippen molar-refractivity contribution in [2.45, 2.75) is 6.92 Å². The molecule has 0 aromatic carbocycles. The van der Waals surface area contributed by atoms with Gasteiger partial charge in [0, 0.05) is 5.56 Å². The van der Waals surface area contributed by atoms with Gasteiger partial charge in [0.2, 0.25) is 0 Å². The first-order valence-electron chi connectivity index (χ1n) is 3.37. The van der Waals surface area contributed by atoms with Crippen LogP contribution >= 0.6 is 0 Å². The summed E-state index contributed by atoms with van der Waals surface area (Å²) in [7, 11) is 0. The summed E-state index contributed by atoms with van der Waals surface area (Å²) in [5, 5.41) is 13.5. The smallest absolute Gasteiger partial charge is 0.193 e. The maximum atomic E-state index is 5.48. The van der Waals surface area contributed by atoms with E-state index in [4.69, 9.17) is 10.3 Å². The largest absolute Gasteiger partial charge is 0.381 e. The number of hydrogen-bond acceptors (Lipinski definition) is 5. The first-order valence-corrected chi connectivity index (χ1v) is 3.37. The van der Waals surface area contributed by atoms with Gasteiger partial charge in [0.1, 0.15) is 0 Å². The lowest BCUT2D eigenvalue weighted by atomic mass is 10.2. The lowest BCUT2D eigenvalue weighted by molar-refractivity contribution is 0.434. The summed E-state index contributed by atoms with van der Waals surface area (Å²) in [6, 6.07) is 0. The van der Waals surface area contributed by atoms with E-state index in [2.05, 4.69) is 20.6 Å². The Morgan fingerprint density at radius 1 is 1.58 bits per heavy atom. The fourth-order valence-corrected chi connectivity index (χ4v) is 0.898. The molecule has 0 saturated carbocycles. The van der Waals surface area contributed by atoms with E-state index in [1.807, 2.05) is 6.92 Å². The third-order valence-electron chi connectivity index (χ3n) is 1.61. The molecule has 62 valence electrons. The zero-order chi connectivity index (χ0) is 8.55. The molecule has 6 nitrogen and oxygen atoms in total. The van der Waals surface area contributed by atoms with Gasteiger partial charge in [-0.05, 0) is 6.92 Å². The number of nitrogens with zero attached hydrogens (tertiary/aromatic N) is 3. The highest BCUT2D eigenvalue weighted by atomic mass is 16.5. The second-order valence-corrected chi connectivity index (χ2v) is 2.38. The quantitative estimate of drug-likeness (QED) is 0.635. The molecule has 2 rings (SSSR count). The first-order chi connectivity index (χ1) is 5.79. The highest BCUT2D eigenvalue weighted by Gasteiger charge is 2.12. The van der Waals surface area contributed by atoms with Crippen LogP contribution in [-0.2, 0) is 0 Å². The standard InChI is InChI=1S/C6H7N5O/c1-3-5(12-10-6(3)7)4-2-8-11-9-4/h2H,1H3,(H2,7,10)(H,8,9,11). The molecule has 2 aromatic rings. The molecule has 2 heterocycles. The first kappa shape index (κ1) is 6.84. The molecule has 0 aliphatic carbocycles. The van der Waals surface area contributed by atoms with Gasteiger partial charge in [0.05, 0.1) is 6.20 Å². The van der Waals surface area contributed by atoms with Gasteiger partial charge >= 0.3 is 0 Å². The normalized spacial score (nSPS) is 10.4. The lowest BCUT2D eigenvalue weighted by Crippen LogP contribution is -1.86. The van der Waals surface area contributed by atoms with E-state index < -0.39 is 0 Å². The Hall–Kier alpha value is -1.85. The van der Waals surface area contributed by atoms with Gasteiger partial charge in [0.25, 0.3) is 0 Å². The van der Waals surface area contributed by atoms with Crippen LogP contribution in [0, 0.1) is 6.92 Å². The van der Waals surface area contributed by atoms with Gasteiger partial charge in [-0.15, -0.1) is 0 Å². The number of nitrogen functional groups attached to an aromatic ring is 1. The Morgan fingerprint density at radius 3 is 2.92 bits per heavy atom. The van der Waals surface area contributed by atoms with Crippen LogP contribution in [0.3, 0.4) is 0 Å². The third kappa shape index (κ3) is 0.849. The number of nitrogens with one attached hydrogen (secondary N) is 1. The minimum atomic E-state index is 0.382. The predicted molar refractivity (Wildman–Crippen MR) is 41.0 cm³/mol. The minimum absolute atomic E-state index is 0.382. The van der Waals surface area contributed by atoms with Crippen molar-refractivity contribution < 1.29 is 4.52 Å².